The Kier molecular flexibility index (Phi) is 3.31. The number of allylic oxidation sites excluding steroid dienone is 2. The molecule has 0 spiro atoms. The zero-order chi connectivity index (χ0) is 17.0. The molecule has 124 valence electrons. The Morgan fingerprint density at radius 1 is 1.04 bits per heavy atom. The van der Waals surface area contributed by atoms with Crippen molar-refractivity contribution in [2.75, 3.05) is 0 Å². The van der Waals surface area contributed by atoms with Gasteiger partial charge in [0.05, 0.1) is 24.0 Å². The monoisotopic (exact) mass is 328 g/mol. The highest BCUT2D eigenvalue weighted by atomic mass is 16.5. The van der Waals surface area contributed by atoms with Gasteiger partial charge >= 0.3 is 0 Å². The third kappa shape index (κ3) is 2.17. The summed E-state index contributed by atoms with van der Waals surface area (Å²) in [4.78, 5) is 37.9. The van der Waals surface area contributed by atoms with Gasteiger partial charge in [-0.3, -0.25) is 14.4 Å². The molecular weight excluding hydrogens is 312 g/mol. The largest absolute Gasteiger partial charge is 0.508 e. The number of ketones is 3. The first kappa shape index (κ1) is 15.1. The molecule has 4 aliphatic rings. The van der Waals surface area contributed by atoms with E-state index in [1.54, 1.807) is 12.1 Å². The van der Waals surface area contributed by atoms with Crippen molar-refractivity contribution in [2.24, 2.45) is 11.8 Å². The summed E-state index contributed by atoms with van der Waals surface area (Å²) in [5.74, 6) is -2.48. The summed E-state index contributed by atoms with van der Waals surface area (Å²) in [6.45, 7) is 0. The number of phenols is 1. The zero-order valence-electron chi connectivity index (χ0n) is 12.8. The second-order valence-electron chi connectivity index (χ2n) is 6.60. The Morgan fingerprint density at radius 2 is 1.75 bits per heavy atom. The number of carbonyl (C=O) groups excluding carboxylic acids is 3. The van der Waals surface area contributed by atoms with Crippen molar-refractivity contribution >= 4 is 22.9 Å². The Bertz CT molecular complexity index is 775. The highest BCUT2D eigenvalue weighted by Crippen LogP contribution is 2.45. The van der Waals surface area contributed by atoms with Gasteiger partial charge in [-0.2, -0.15) is 0 Å². The summed E-state index contributed by atoms with van der Waals surface area (Å²) in [7, 11) is 0. The number of benzene rings is 1. The van der Waals surface area contributed by atoms with E-state index in [1.165, 1.54) is 12.1 Å². The molecule has 24 heavy (non-hydrogen) atoms. The van der Waals surface area contributed by atoms with Crippen LogP contribution in [0.3, 0.4) is 0 Å². The Balaban J connectivity index is 1.89. The maximum absolute atomic E-state index is 13.1. The number of Topliss-reactive ketones (excluding diaryl/α,β-unsaturated/α-hetero) is 3. The average molecular weight is 328 g/mol. The predicted octanol–water partition coefficient (Wildman–Crippen LogP) is 1.00. The maximum atomic E-state index is 13.1. The van der Waals surface area contributed by atoms with Crippen LogP contribution in [0.25, 0.3) is 5.57 Å². The minimum Gasteiger partial charge on any atom is -0.508 e. The summed E-state index contributed by atoms with van der Waals surface area (Å²) < 4.78 is 5.79. The molecule has 1 saturated heterocycles. The smallest absolute Gasteiger partial charge is 0.205 e. The summed E-state index contributed by atoms with van der Waals surface area (Å²) in [6, 6.07) is 5.97. The lowest BCUT2D eigenvalue weighted by atomic mass is 9.66. The molecule has 4 bridgehead atoms. The molecular formula is C18H16O6. The second-order valence-corrected chi connectivity index (χ2v) is 6.60. The van der Waals surface area contributed by atoms with Gasteiger partial charge in [0.15, 0.2) is 11.5 Å². The fourth-order valence-corrected chi connectivity index (χ4v) is 3.98. The van der Waals surface area contributed by atoms with Crippen molar-refractivity contribution in [3.05, 3.63) is 35.6 Å². The molecule has 4 unspecified atom stereocenters. The normalized spacial score (nSPS) is 32.5. The minimum atomic E-state index is -0.710. The van der Waals surface area contributed by atoms with Crippen LogP contribution in [0.5, 0.6) is 5.75 Å². The van der Waals surface area contributed by atoms with Crippen LogP contribution in [0.4, 0.5) is 0 Å². The lowest BCUT2D eigenvalue weighted by Crippen LogP contribution is -2.52. The molecule has 5 rings (SSSR count). The molecule has 1 saturated carbocycles. The number of fused-ring (bicyclic) bond motifs is 3. The van der Waals surface area contributed by atoms with E-state index < -0.39 is 29.8 Å². The van der Waals surface area contributed by atoms with Gasteiger partial charge in [0, 0.05) is 12.3 Å². The van der Waals surface area contributed by atoms with Crippen molar-refractivity contribution < 1.29 is 29.3 Å². The van der Waals surface area contributed by atoms with E-state index in [9.17, 15) is 24.6 Å². The van der Waals surface area contributed by atoms with E-state index in [2.05, 4.69) is 0 Å². The Hall–Kier alpha value is -2.47. The molecule has 0 amide bonds. The first-order valence-corrected chi connectivity index (χ1v) is 7.94. The number of aliphatic hydroxyl groups is 1. The molecule has 6 heteroatoms. The highest BCUT2D eigenvalue weighted by Gasteiger charge is 2.53. The van der Waals surface area contributed by atoms with Gasteiger partial charge in [-0.15, -0.1) is 0 Å². The summed E-state index contributed by atoms with van der Waals surface area (Å²) >= 11 is 0. The molecule has 6 nitrogen and oxygen atoms in total. The van der Waals surface area contributed by atoms with Gasteiger partial charge in [-0.05, 0) is 24.1 Å². The quantitative estimate of drug-likeness (QED) is 0.746. The van der Waals surface area contributed by atoms with E-state index in [0.29, 0.717) is 5.56 Å². The number of hydrogen-bond donors (Lipinski definition) is 2. The highest BCUT2D eigenvalue weighted by molar-refractivity contribution is 6.31. The first-order chi connectivity index (χ1) is 11.5. The van der Waals surface area contributed by atoms with Crippen LogP contribution in [-0.2, 0) is 19.1 Å². The van der Waals surface area contributed by atoms with Crippen LogP contribution in [-0.4, -0.2) is 39.8 Å². The number of ether oxygens (including phenoxy) is 1. The van der Waals surface area contributed by atoms with Gasteiger partial charge in [0.25, 0.3) is 0 Å². The van der Waals surface area contributed by atoms with Gasteiger partial charge in [0.2, 0.25) is 5.78 Å². The predicted molar refractivity (Wildman–Crippen MR) is 81.8 cm³/mol. The molecule has 1 aromatic rings. The van der Waals surface area contributed by atoms with Crippen molar-refractivity contribution in [3.63, 3.8) is 0 Å². The van der Waals surface area contributed by atoms with Gasteiger partial charge in [0.1, 0.15) is 17.6 Å². The average Bonchev–Trinajstić information content (AvgIpc) is 2.54. The molecule has 2 aliphatic carbocycles. The van der Waals surface area contributed by atoms with Crippen LogP contribution in [0.1, 0.15) is 24.8 Å². The lowest BCUT2D eigenvalue weighted by Gasteiger charge is -2.44. The SMILES string of the molecule is O=C1CC(=O)C2CC(O)CC3OC1=C(c1ccc(O)cc1)C(=O)C32. The van der Waals surface area contributed by atoms with Crippen molar-refractivity contribution in [1.82, 2.24) is 0 Å². The van der Waals surface area contributed by atoms with Gasteiger partial charge in [-0.1, -0.05) is 12.1 Å². The Labute approximate surface area is 137 Å². The second kappa shape index (κ2) is 5.27. The van der Waals surface area contributed by atoms with Crippen LogP contribution in [0.15, 0.2) is 30.0 Å². The van der Waals surface area contributed by atoms with Crippen LogP contribution in [0, 0.1) is 11.8 Å². The number of phenolic OH excluding ortho intramolecular Hbond substituents is 1. The molecule has 2 aliphatic heterocycles. The summed E-state index contributed by atoms with van der Waals surface area (Å²) in [5, 5.41) is 19.4. The van der Waals surface area contributed by atoms with E-state index in [4.69, 9.17) is 4.74 Å². The standard InChI is InChI=1S/C18H16O6/c19-9-3-1-8(2-4-9)15-17(23)16-11-5-10(20)6-14(16)24-18(15)13(22)7-12(11)21/h1-4,10-11,14,16,19-20H,5-7H2. The maximum Gasteiger partial charge on any atom is 0.205 e. The zero-order valence-corrected chi connectivity index (χ0v) is 12.8. The molecule has 0 aromatic heterocycles. The number of hydrogen-bond acceptors (Lipinski definition) is 6. The van der Waals surface area contributed by atoms with Crippen LogP contribution < -0.4 is 0 Å². The molecule has 2 fully saturated rings. The van der Waals surface area contributed by atoms with Crippen molar-refractivity contribution in [1.29, 1.82) is 0 Å². The molecule has 2 N–H and O–H groups in total. The molecule has 1 aromatic carbocycles. The van der Waals surface area contributed by atoms with Crippen molar-refractivity contribution in [2.45, 2.75) is 31.5 Å². The van der Waals surface area contributed by atoms with E-state index >= 15 is 0 Å². The number of rotatable bonds is 1. The Morgan fingerprint density at radius 3 is 2.46 bits per heavy atom. The summed E-state index contributed by atoms with van der Waals surface area (Å²) in [5.41, 5.74) is 0.661. The van der Waals surface area contributed by atoms with Gasteiger partial charge in [-0.25, -0.2) is 0 Å². The van der Waals surface area contributed by atoms with Crippen LogP contribution >= 0.6 is 0 Å². The number of aromatic hydroxyl groups is 1. The number of carbonyl (C=O) groups is 3. The van der Waals surface area contributed by atoms with Gasteiger partial charge < -0.3 is 14.9 Å². The third-order valence-electron chi connectivity index (χ3n) is 5.07. The third-order valence-corrected chi connectivity index (χ3v) is 5.07. The molecule has 2 heterocycles. The fraction of sp³-hybridized carbons (Fsp3) is 0.389. The van der Waals surface area contributed by atoms with E-state index in [-0.39, 0.29) is 47.9 Å². The lowest BCUT2D eigenvalue weighted by molar-refractivity contribution is -0.151. The van der Waals surface area contributed by atoms with Crippen LogP contribution in [0.2, 0.25) is 0 Å². The minimum absolute atomic E-state index is 0.0511. The topological polar surface area (TPSA) is 101 Å². The van der Waals surface area contributed by atoms with Crippen molar-refractivity contribution in [3.8, 4) is 5.75 Å². The summed E-state index contributed by atoms with van der Waals surface area (Å²) in [6.07, 6.45) is -1.25. The molecule has 4 atom stereocenters. The first-order valence-electron chi connectivity index (χ1n) is 7.94. The number of aliphatic hydroxyl groups excluding tert-OH is 1. The molecule has 0 radical (unpaired) electrons. The fourth-order valence-electron chi connectivity index (χ4n) is 3.98. The van der Waals surface area contributed by atoms with E-state index in [1.807, 2.05) is 0 Å². The van der Waals surface area contributed by atoms with E-state index in [0.717, 1.165) is 0 Å².